The van der Waals surface area contributed by atoms with Gasteiger partial charge in [0, 0.05) is 12.1 Å². The smallest absolute Gasteiger partial charge is 0.265 e. The fraction of sp³-hybridized carbons (Fsp3) is 0.130. The highest BCUT2D eigenvalue weighted by Crippen LogP contribution is 2.24. The average Bonchev–Trinajstić information content (AvgIpc) is 2.78. The third-order valence-electron chi connectivity index (χ3n) is 4.49. The van der Waals surface area contributed by atoms with E-state index < -0.39 is 11.8 Å². The van der Waals surface area contributed by atoms with E-state index in [0.29, 0.717) is 22.6 Å². The Morgan fingerprint density at radius 3 is 2.61 bits per heavy atom. The molecule has 0 unspecified atom stereocenters. The molecule has 0 saturated carbocycles. The number of nitriles is 1. The molecule has 1 fully saturated rings. The van der Waals surface area contributed by atoms with Crippen LogP contribution in [0.1, 0.15) is 16.7 Å². The number of methoxy groups -OCH3 is 1. The Bertz CT molecular complexity index is 1120. The fourth-order valence-corrected chi connectivity index (χ4v) is 3.19. The standard InChI is InChI=1S/C23H19N3O4S/c1-3-10-26-22(28)19(21(27)25-23(26)31)12-16-6-9-20(29-2)17(11-16)14-30-18-7-4-15(13-24)5-8-18/h3-9,11-12H,1,10,14H2,2H3,(H,25,27,31). The zero-order valence-corrected chi connectivity index (χ0v) is 17.6. The summed E-state index contributed by atoms with van der Waals surface area (Å²) in [7, 11) is 1.55. The lowest BCUT2D eigenvalue weighted by molar-refractivity contribution is -0.128. The Hall–Kier alpha value is -3.96. The Morgan fingerprint density at radius 2 is 1.97 bits per heavy atom. The van der Waals surface area contributed by atoms with E-state index in [1.807, 2.05) is 0 Å². The average molecular weight is 433 g/mol. The molecule has 2 aromatic rings. The second kappa shape index (κ2) is 9.69. The number of thiocarbonyl (C=S) groups is 1. The van der Waals surface area contributed by atoms with Gasteiger partial charge in [0.2, 0.25) is 0 Å². The fourth-order valence-electron chi connectivity index (χ4n) is 2.94. The summed E-state index contributed by atoms with van der Waals surface area (Å²) in [6.07, 6.45) is 3.03. The predicted molar refractivity (Wildman–Crippen MR) is 119 cm³/mol. The van der Waals surface area contributed by atoms with Crippen LogP contribution >= 0.6 is 12.2 Å². The highest BCUT2D eigenvalue weighted by molar-refractivity contribution is 7.80. The number of rotatable bonds is 7. The van der Waals surface area contributed by atoms with Gasteiger partial charge in [-0.3, -0.25) is 19.8 Å². The molecule has 3 rings (SSSR count). The van der Waals surface area contributed by atoms with Crippen LogP contribution in [0.5, 0.6) is 11.5 Å². The number of benzene rings is 2. The van der Waals surface area contributed by atoms with Gasteiger partial charge in [0.25, 0.3) is 11.8 Å². The lowest BCUT2D eigenvalue weighted by Gasteiger charge is -2.27. The minimum Gasteiger partial charge on any atom is -0.496 e. The summed E-state index contributed by atoms with van der Waals surface area (Å²) in [5, 5.41) is 11.5. The minimum atomic E-state index is -0.554. The quantitative estimate of drug-likeness (QED) is 0.312. The number of amides is 2. The molecule has 1 aliphatic rings. The van der Waals surface area contributed by atoms with Crippen LogP contribution in [0.25, 0.3) is 6.08 Å². The van der Waals surface area contributed by atoms with Crippen LogP contribution in [-0.4, -0.2) is 35.5 Å². The highest BCUT2D eigenvalue weighted by Gasteiger charge is 2.32. The van der Waals surface area contributed by atoms with Crippen molar-refractivity contribution in [3.05, 3.63) is 77.4 Å². The summed E-state index contributed by atoms with van der Waals surface area (Å²) in [5.74, 6) is 0.159. The van der Waals surface area contributed by atoms with E-state index in [4.69, 9.17) is 27.0 Å². The first-order valence-electron chi connectivity index (χ1n) is 9.26. The van der Waals surface area contributed by atoms with Crippen molar-refractivity contribution in [2.45, 2.75) is 6.61 Å². The second-order valence-electron chi connectivity index (χ2n) is 6.52. The van der Waals surface area contributed by atoms with Gasteiger partial charge < -0.3 is 9.47 Å². The Kier molecular flexibility index (Phi) is 6.80. The summed E-state index contributed by atoms with van der Waals surface area (Å²) in [6, 6.07) is 14.1. The maximum absolute atomic E-state index is 12.7. The van der Waals surface area contributed by atoms with Crippen LogP contribution in [0.4, 0.5) is 0 Å². The molecule has 0 aromatic heterocycles. The van der Waals surface area contributed by atoms with E-state index in [9.17, 15) is 9.59 Å². The topological polar surface area (TPSA) is 91.7 Å². The number of nitrogens with one attached hydrogen (secondary N) is 1. The number of hydrogen-bond acceptors (Lipinski definition) is 6. The van der Waals surface area contributed by atoms with E-state index in [1.165, 1.54) is 17.1 Å². The molecule has 0 atom stereocenters. The SMILES string of the molecule is C=CCN1C(=O)C(=Cc2ccc(OC)c(COc3ccc(C#N)cc3)c2)C(=O)NC1=S. The molecule has 2 amide bonds. The van der Waals surface area contributed by atoms with Crippen molar-refractivity contribution in [2.75, 3.05) is 13.7 Å². The van der Waals surface area contributed by atoms with E-state index >= 15 is 0 Å². The van der Waals surface area contributed by atoms with Gasteiger partial charge in [-0.25, -0.2) is 0 Å². The molecule has 8 heteroatoms. The zero-order chi connectivity index (χ0) is 22.4. The monoisotopic (exact) mass is 433 g/mol. The zero-order valence-electron chi connectivity index (χ0n) is 16.8. The van der Waals surface area contributed by atoms with Gasteiger partial charge in [-0.05, 0) is 60.3 Å². The van der Waals surface area contributed by atoms with E-state index in [1.54, 1.807) is 49.6 Å². The lowest BCUT2D eigenvalue weighted by Crippen LogP contribution is -2.53. The van der Waals surface area contributed by atoms with Crippen molar-refractivity contribution >= 4 is 35.2 Å². The van der Waals surface area contributed by atoms with E-state index in [-0.39, 0.29) is 23.8 Å². The molecule has 0 bridgehead atoms. The predicted octanol–water partition coefficient (Wildman–Crippen LogP) is 2.96. The van der Waals surface area contributed by atoms with Gasteiger partial charge in [-0.15, -0.1) is 6.58 Å². The van der Waals surface area contributed by atoms with Crippen molar-refractivity contribution in [3.8, 4) is 17.6 Å². The van der Waals surface area contributed by atoms with E-state index in [0.717, 1.165) is 5.56 Å². The Balaban J connectivity index is 1.85. The third-order valence-corrected chi connectivity index (χ3v) is 4.81. The van der Waals surface area contributed by atoms with Crippen molar-refractivity contribution in [2.24, 2.45) is 0 Å². The second-order valence-corrected chi connectivity index (χ2v) is 6.90. The Morgan fingerprint density at radius 1 is 1.23 bits per heavy atom. The number of hydrogen-bond donors (Lipinski definition) is 1. The molecule has 7 nitrogen and oxygen atoms in total. The molecular formula is C23H19N3O4S. The maximum atomic E-state index is 12.7. The van der Waals surface area contributed by atoms with Gasteiger partial charge in [0.1, 0.15) is 23.7 Å². The van der Waals surface area contributed by atoms with Crippen molar-refractivity contribution in [3.63, 3.8) is 0 Å². The molecule has 1 aliphatic heterocycles. The number of nitrogens with zero attached hydrogens (tertiary/aromatic N) is 2. The van der Waals surface area contributed by atoms with Crippen molar-refractivity contribution in [1.29, 1.82) is 5.26 Å². The summed E-state index contributed by atoms with van der Waals surface area (Å²) in [6.45, 7) is 4.00. The summed E-state index contributed by atoms with van der Waals surface area (Å²) in [5.41, 5.74) is 1.87. The van der Waals surface area contributed by atoms with Crippen LogP contribution < -0.4 is 14.8 Å². The lowest BCUT2D eigenvalue weighted by atomic mass is 10.0. The normalized spacial score (nSPS) is 14.8. The Labute approximate surface area is 185 Å². The van der Waals surface area contributed by atoms with Gasteiger partial charge in [-0.2, -0.15) is 5.26 Å². The molecule has 0 aliphatic carbocycles. The first kappa shape index (κ1) is 21.7. The molecule has 1 saturated heterocycles. The third kappa shape index (κ3) is 4.97. The number of carbonyl (C=O) groups is 2. The number of ether oxygens (including phenoxy) is 2. The first-order valence-corrected chi connectivity index (χ1v) is 9.67. The molecule has 156 valence electrons. The summed E-state index contributed by atoms with van der Waals surface area (Å²) < 4.78 is 11.2. The van der Waals surface area contributed by atoms with Gasteiger partial charge in [0.05, 0.1) is 18.7 Å². The van der Waals surface area contributed by atoms with Gasteiger partial charge in [0.15, 0.2) is 5.11 Å². The van der Waals surface area contributed by atoms with Crippen LogP contribution in [0, 0.1) is 11.3 Å². The summed E-state index contributed by atoms with van der Waals surface area (Å²) >= 11 is 5.06. The molecule has 2 aromatic carbocycles. The van der Waals surface area contributed by atoms with Crippen LogP contribution in [-0.2, 0) is 16.2 Å². The maximum Gasteiger partial charge on any atom is 0.265 e. The first-order chi connectivity index (χ1) is 15.0. The molecule has 1 heterocycles. The van der Waals surface area contributed by atoms with Gasteiger partial charge >= 0.3 is 0 Å². The van der Waals surface area contributed by atoms with Gasteiger partial charge in [-0.1, -0.05) is 12.1 Å². The molecule has 0 radical (unpaired) electrons. The minimum absolute atomic E-state index is 0.0282. The molecular weight excluding hydrogens is 414 g/mol. The summed E-state index contributed by atoms with van der Waals surface area (Å²) in [4.78, 5) is 26.3. The molecule has 1 N–H and O–H groups in total. The van der Waals surface area contributed by atoms with Crippen molar-refractivity contribution in [1.82, 2.24) is 10.2 Å². The largest absolute Gasteiger partial charge is 0.496 e. The highest BCUT2D eigenvalue weighted by atomic mass is 32.1. The van der Waals surface area contributed by atoms with Crippen LogP contribution in [0.15, 0.2) is 60.7 Å². The molecule has 31 heavy (non-hydrogen) atoms. The van der Waals surface area contributed by atoms with Crippen LogP contribution in [0.2, 0.25) is 0 Å². The van der Waals surface area contributed by atoms with Crippen molar-refractivity contribution < 1.29 is 19.1 Å². The van der Waals surface area contributed by atoms with Crippen LogP contribution in [0.3, 0.4) is 0 Å². The molecule has 0 spiro atoms. The number of carbonyl (C=O) groups excluding carboxylic acids is 2. The van der Waals surface area contributed by atoms with E-state index in [2.05, 4.69) is 18.0 Å².